The SMILES string of the molecule is Cc1c(N)cccc1-c1noc(/C(=C\c2ccccc2)c2ccccc2)n1. The van der Waals surface area contributed by atoms with Crippen LogP contribution in [0.1, 0.15) is 22.6 Å². The minimum Gasteiger partial charge on any atom is -0.398 e. The van der Waals surface area contributed by atoms with Gasteiger partial charge in [0.15, 0.2) is 0 Å². The van der Waals surface area contributed by atoms with Crippen LogP contribution in [-0.4, -0.2) is 10.1 Å². The highest BCUT2D eigenvalue weighted by Gasteiger charge is 2.16. The van der Waals surface area contributed by atoms with Crippen molar-refractivity contribution in [3.8, 4) is 11.4 Å². The van der Waals surface area contributed by atoms with E-state index in [1.165, 1.54) is 0 Å². The highest BCUT2D eigenvalue weighted by molar-refractivity contribution is 5.88. The second-order valence-electron chi connectivity index (χ2n) is 6.28. The minimum absolute atomic E-state index is 0.474. The number of nitrogens with two attached hydrogens (primary N) is 1. The zero-order valence-corrected chi connectivity index (χ0v) is 15.0. The van der Waals surface area contributed by atoms with Crippen molar-refractivity contribution < 1.29 is 4.52 Å². The molecule has 4 heteroatoms. The van der Waals surface area contributed by atoms with Crippen LogP contribution in [0.25, 0.3) is 23.0 Å². The number of nitrogen functional groups attached to an aromatic ring is 1. The van der Waals surface area contributed by atoms with Gasteiger partial charge in [0.1, 0.15) is 0 Å². The molecule has 1 aromatic heterocycles. The Balaban J connectivity index is 1.81. The first kappa shape index (κ1) is 16.8. The van der Waals surface area contributed by atoms with Gasteiger partial charge in [0.05, 0.1) is 0 Å². The second-order valence-corrected chi connectivity index (χ2v) is 6.28. The molecule has 0 bridgehead atoms. The molecule has 27 heavy (non-hydrogen) atoms. The zero-order valence-electron chi connectivity index (χ0n) is 15.0. The third-order valence-electron chi connectivity index (χ3n) is 4.47. The van der Waals surface area contributed by atoms with E-state index in [0.717, 1.165) is 27.8 Å². The normalized spacial score (nSPS) is 11.5. The Labute approximate surface area is 158 Å². The maximum atomic E-state index is 6.02. The topological polar surface area (TPSA) is 64.9 Å². The summed E-state index contributed by atoms with van der Waals surface area (Å²) in [5, 5.41) is 4.19. The number of aromatic nitrogens is 2. The van der Waals surface area contributed by atoms with E-state index in [2.05, 4.69) is 16.2 Å². The van der Waals surface area contributed by atoms with Gasteiger partial charge in [-0.25, -0.2) is 0 Å². The molecule has 0 unspecified atom stereocenters. The van der Waals surface area contributed by atoms with Crippen LogP contribution in [0.15, 0.2) is 83.4 Å². The summed E-state index contributed by atoms with van der Waals surface area (Å²) in [6.07, 6.45) is 2.05. The molecule has 2 N–H and O–H groups in total. The van der Waals surface area contributed by atoms with E-state index in [0.29, 0.717) is 17.4 Å². The third kappa shape index (κ3) is 3.51. The fraction of sp³-hybridized carbons (Fsp3) is 0.0435. The molecular formula is C23H19N3O. The molecule has 3 aromatic carbocycles. The Morgan fingerprint density at radius 1 is 0.889 bits per heavy atom. The molecule has 0 radical (unpaired) electrons. The summed E-state index contributed by atoms with van der Waals surface area (Å²) in [4.78, 5) is 4.65. The fourth-order valence-electron chi connectivity index (χ4n) is 2.94. The van der Waals surface area contributed by atoms with Crippen molar-refractivity contribution in [3.05, 3.63) is 101 Å². The predicted octanol–water partition coefficient (Wildman–Crippen LogP) is 5.22. The monoisotopic (exact) mass is 353 g/mol. The quantitative estimate of drug-likeness (QED) is 0.404. The van der Waals surface area contributed by atoms with Crippen LogP contribution in [0.5, 0.6) is 0 Å². The summed E-state index contributed by atoms with van der Waals surface area (Å²) in [5.74, 6) is 1.01. The highest BCUT2D eigenvalue weighted by Crippen LogP contribution is 2.29. The maximum absolute atomic E-state index is 6.02. The lowest BCUT2D eigenvalue weighted by Gasteiger charge is -2.04. The molecule has 0 aliphatic rings. The van der Waals surface area contributed by atoms with Crippen LogP contribution in [0.2, 0.25) is 0 Å². The first-order valence-electron chi connectivity index (χ1n) is 8.74. The van der Waals surface area contributed by atoms with Crippen molar-refractivity contribution in [1.82, 2.24) is 10.1 Å². The lowest BCUT2D eigenvalue weighted by atomic mass is 10.0. The van der Waals surface area contributed by atoms with Crippen LogP contribution >= 0.6 is 0 Å². The fourth-order valence-corrected chi connectivity index (χ4v) is 2.94. The Kier molecular flexibility index (Phi) is 4.54. The van der Waals surface area contributed by atoms with E-state index < -0.39 is 0 Å². The molecule has 0 spiro atoms. The molecule has 0 aliphatic heterocycles. The number of benzene rings is 3. The number of hydrogen-bond donors (Lipinski definition) is 1. The molecule has 4 aromatic rings. The molecule has 1 heterocycles. The summed E-state index contributed by atoms with van der Waals surface area (Å²) >= 11 is 0. The molecule has 4 rings (SSSR count). The second kappa shape index (κ2) is 7.30. The van der Waals surface area contributed by atoms with Gasteiger partial charge in [-0.1, -0.05) is 78.0 Å². The minimum atomic E-state index is 0.474. The van der Waals surface area contributed by atoms with E-state index in [-0.39, 0.29) is 0 Å². The summed E-state index contributed by atoms with van der Waals surface area (Å²) in [7, 11) is 0. The van der Waals surface area contributed by atoms with Gasteiger partial charge in [0, 0.05) is 16.8 Å². The average molecular weight is 353 g/mol. The average Bonchev–Trinajstić information content (AvgIpc) is 3.19. The van der Waals surface area contributed by atoms with E-state index in [4.69, 9.17) is 10.3 Å². The smallest absolute Gasteiger partial charge is 0.258 e. The molecule has 0 amide bonds. The van der Waals surface area contributed by atoms with Gasteiger partial charge in [0.25, 0.3) is 5.89 Å². The highest BCUT2D eigenvalue weighted by atomic mass is 16.5. The van der Waals surface area contributed by atoms with Crippen molar-refractivity contribution in [3.63, 3.8) is 0 Å². The molecule has 0 saturated heterocycles. The molecule has 0 fully saturated rings. The Morgan fingerprint density at radius 3 is 2.33 bits per heavy atom. The lowest BCUT2D eigenvalue weighted by molar-refractivity contribution is 0.409. The van der Waals surface area contributed by atoms with Gasteiger partial charge < -0.3 is 10.3 Å². The standard InChI is InChI=1S/C23H19N3O/c1-16-19(13-8-14-21(16)24)22-25-23(27-26-22)20(18-11-6-3-7-12-18)15-17-9-4-2-5-10-17/h2-15H,24H2,1H3/b20-15-. The first-order chi connectivity index (χ1) is 13.2. The zero-order chi connectivity index (χ0) is 18.6. The van der Waals surface area contributed by atoms with Crippen LogP contribution in [-0.2, 0) is 0 Å². The van der Waals surface area contributed by atoms with Gasteiger partial charge in [-0.05, 0) is 35.8 Å². The summed E-state index contributed by atoms with van der Waals surface area (Å²) in [6, 6.07) is 25.8. The van der Waals surface area contributed by atoms with Gasteiger partial charge in [-0.2, -0.15) is 4.98 Å². The van der Waals surface area contributed by atoms with Crippen LogP contribution < -0.4 is 5.73 Å². The number of anilines is 1. The Hall–Kier alpha value is -3.66. The van der Waals surface area contributed by atoms with Gasteiger partial charge in [-0.15, -0.1) is 0 Å². The molecule has 132 valence electrons. The van der Waals surface area contributed by atoms with Gasteiger partial charge in [0.2, 0.25) is 5.82 Å². The van der Waals surface area contributed by atoms with E-state index >= 15 is 0 Å². The van der Waals surface area contributed by atoms with Crippen LogP contribution in [0.3, 0.4) is 0 Å². The number of nitrogens with zero attached hydrogens (tertiary/aromatic N) is 2. The summed E-state index contributed by atoms with van der Waals surface area (Å²) < 4.78 is 5.63. The predicted molar refractivity (Wildman–Crippen MR) is 109 cm³/mol. The van der Waals surface area contributed by atoms with Crippen molar-refractivity contribution in [2.45, 2.75) is 6.92 Å². The van der Waals surface area contributed by atoms with Gasteiger partial charge in [-0.3, -0.25) is 0 Å². The van der Waals surface area contributed by atoms with Crippen LogP contribution in [0, 0.1) is 6.92 Å². The number of rotatable bonds is 4. The molecule has 0 saturated carbocycles. The van der Waals surface area contributed by atoms with E-state index in [1.54, 1.807) is 0 Å². The van der Waals surface area contributed by atoms with Gasteiger partial charge >= 0.3 is 0 Å². The first-order valence-corrected chi connectivity index (χ1v) is 8.74. The van der Waals surface area contributed by atoms with Crippen molar-refractivity contribution >= 4 is 17.3 Å². The molecule has 4 nitrogen and oxygen atoms in total. The third-order valence-corrected chi connectivity index (χ3v) is 4.47. The summed E-state index contributed by atoms with van der Waals surface area (Å²) in [6.45, 7) is 1.96. The Bertz CT molecular complexity index is 1080. The Morgan fingerprint density at radius 2 is 1.59 bits per heavy atom. The maximum Gasteiger partial charge on any atom is 0.258 e. The van der Waals surface area contributed by atoms with E-state index in [9.17, 15) is 0 Å². The largest absolute Gasteiger partial charge is 0.398 e. The molecular weight excluding hydrogens is 334 g/mol. The van der Waals surface area contributed by atoms with Crippen molar-refractivity contribution in [1.29, 1.82) is 0 Å². The van der Waals surface area contributed by atoms with Crippen molar-refractivity contribution in [2.75, 3.05) is 5.73 Å². The molecule has 0 aliphatic carbocycles. The summed E-state index contributed by atoms with van der Waals surface area (Å²) in [5.41, 5.74) is 11.5. The molecule has 0 atom stereocenters. The lowest BCUT2D eigenvalue weighted by Crippen LogP contribution is -1.93. The van der Waals surface area contributed by atoms with Crippen LogP contribution in [0.4, 0.5) is 5.69 Å². The van der Waals surface area contributed by atoms with Crippen molar-refractivity contribution in [2.24, 2.45) is 0 Å². The number of hydrogen-bond acceptors (Lipinski definition) is 4. The van der Waals surface area contributed by atoms with E-state index in [1.807, 2.05) is 85.8 Å².